The van der Waals surface area contributed by atoms with Crippen molar-refractivity contribution >= 4 is 23.1 Å². The number of halogens is 1. The van der Waals surface area contributed by atoms with Crippen LogP contribution in [0.3, 0.4) is 0 Å². The Labute approximate surface area is 138 Å². The number of fused-ring (bicyclic) bond motifs is 1. The molecule has 0 saturated carbocycles. The summed E-state index contributed by atoms with van der Waals surface area (Å²) < 4.78 is 7.63. The molecule has 0 amide bonds. The lowest BCUT2D eigenvalue weighted by Crippen LogP contribution is -2.47. The quantitative estimate of drug-likeness (QED) is 0.633. The van der Waals surface area contributed by atoms with E-state index in [4.69, 9.17) is 16.3 Å². The Morgan fingerprint density at radius 3 is 2.83 bits per heavy atom. The fourth-order valence-electron chi connectivity index (χ4n) is 2.74. The van der Waals surface area contributed by atoms with Crippen molar-refractivity contribution in [3.05, 3.63) is 45.6 Å². The second kappa shape index (κ2) is 5.73. The molecule has 7 nitrogen and oxygen atoms in total. The minimum Gasteiger partial charge on any atom is -0.438 e. The Hall–Kier alpha value is -2.28. The molecule has 0 radical (unpaired) electrons. The zero-order chi connectivity index (χ0) is 16.6. The van der Waals surface area contributed by atoms with E-state index in [1.807, 2.05) is 38.2 Å². The number of rotatable bonds is 4. The Kier molecular flexibility index (Phi) is 3.89. The molecule has 2 aromatic rings. The summed E-state index contributed by atoms with van der Waals surface area (Å²) in [5.74, 6) is -0.185. The number of hydrogen-bond acceptors (Lipinski definition) is 5. The number of hydrogen-bond donors (Lipinski definition) is 0. The first-order valence-corrected chi connectivity index (χ1v) is 7.61. The Morgan fingerprint density at radius 1 is 1.48 bits per heavy atom. The SMILES string of the molecule is CN(CC1(C)CCn2cc([N+](=O)[O-])nc2O1)c1ccc(Cl)cc1. The van der Waals surface area contributed by atoms with Crippen LogP contribution in [0.5, 0.6) is 6.01 Å². The van der Waals surface area contributed by atoms with Gasteiger partial charge in [-0.1, -0.05) is 11.6 Å². The highest BCUT2D eigenvalue weighted by Gasteiger charge is 2.37. The van der Waals surface area contributed by atoms with Crippen molar-refractivity contribution in [3.8, 4) is 6.01 Å². The highest BCUT2D eigenvalue weighted by atomic mass is 35.5. The summed E-state index contributed by atoms with van der Waals surface area (Å²) in [6.07, 6.45) is 2.16. The first-order valence-electron chi connectivity index (χ1n) is 7.24. The minimum absolute atomic E-state index is 0.185. The molecule has 0 bridgehead atoms. The van der Waals surface area contributed by atoms with Gasteiger partial charge >= 0.3 is 11.8 Å². The third-order valence-electron chi connectivity index (χ3n) is 3.97. The third-order valence-corrected chi connectivity index (χ3v) is 4.22. The molecule has 0 N–H and O–H groups in total. The Bertz CT molecular complexity index is 731. The normalized spacial score (nSPS) is 19.8. The van der Waals surface area contributed by atoms with Gasteiger partial charge in [0.1, 0.15) is 11.8 Å². The van der Waals surface area contributed by atoms with Gasteiger partial charge in [0, 0.05) is 35.7 Å². The minimum atomic E-state index is -0.508. The van der Waals surface area contributed by atoms with E-state index < -0.39 is 10.5 Å². The van der Waals surface area contributed by atoms with Crippen LogP contribution in [-0.4, -0.2) is 33.7 Å². The highest BCUT2D eigenvalue weighted by Crippen LogP contribution is 2.31. The molecule has 1 unspecified atom stereocenters. The zero-order valence-corrected chi connectivity index (χ0v) is 13.7. The third kappa shape index (κ3) is 3.24. The van der Waals surface area contributed by atoms with E-state index in [-0.39, 0.29) is 5.82 Å². The number of aryl methyl sites for hydroxylation is 1. The van der Waals surface area contributed by atoms with Crippen molar-refractivity contribution in [1.82, 2.24) is 9.55 Å². The molecular formula is C15H17ClN4O3. The maximum Gasteiger partial charge on any atom is 0.414 e. The molecule has 122 valence electrons. The van der Waals surface area contributed by atoms with Crippen LogP contribution in [0.15, 0.2) is 30.5 Å². The molecule has 1 aliphatic heterocycles. The predicted molar refractivity (Wildman–Crippen MR) is 87.3 cm³/mol. The number of nitro groups is 1. The van der Waals surface area contributed by atoms with Crippen LogP contribution in [0.1, 0.15) is 13.3 Å². The van der Waals surface area contributed by atoms with Gasteiger partial charge in [-0.3, -0.25) is 4.57 Å². The van der Waals surface area contributed by atoms with E-state index in [0.717, 1.165) is 12.1 Å². The summed E-state index contributed by atoms with van der Waals surface area (Å²) in [7, 11) is 1.97. The lowest BCUT2D eigenvalue weighted by molar-refractivity contribution is -0.389. The van der Waals surface area contributed by atoms with Crippen LogP contribution in [0.25, 0.3) is 0 Å². The number of likely N-dealkylation sites (N-methyl/N-ethyl adjacent to an activating group) is 1. The molecule has 0 spiro atoms. The summed E-state index contributed by atoms with van der Waals surface area (Å²) in [5, 5.41) is 11.5. The molecule has 2 heterocycles. The average Bonchev–Trinajstić information content (AvgIpc) is 2.90. The number of nitrogens with zero attached hydrogens (tertiary/aromatic N) is 4. The van der Waals surface area contributed by atoms with Crippen LogP contribution in [0.4, 0.5) is 11.5 Å². The van der Waals surface area contributed by atoms with Crippen LogP contribution in [0, 0.1) is 10.1 Å². The number of ether oxygens (including phenoxy) is 1. The molecule has 1 aromatic heterocycles. The van der Waals surface area contributed by atoms with E-state index in [2.05, 4.69) is 9.88 Å². The fraction of sp³-hybridized carbons (Fsp3) is 0.400. The molecule has 3 rings (SSSR count). The first-order chi connectivity index (χ1) is 10.9. The van der Waals surface area contributed by atoms with Gasteiger partial charge in [0.2, 0.25) is 0 Å². The number of anilines is 1. The van der Waals surface area contributed by atoms with Crippen molar-refractivity contribution in [2.24, 2.45) is 0 Å². The average molecular weight is 337 g/mol. The molecular weight excluding hydrogens is 320 g/mol. The molecule has 1 aromatic carbocycles. The summed E-state index contributed by atoms with van der Waals surface area (Å²) in [5.41, 5.74) is 0.558. The van der Waals surface area contributed by atoms with E-state index in [1.54, 1.807) is 4.57 Å². The zero-order valence-electron chi connectivity index (χ0n) is 12.9. The lowest BCUT2D eigenvalue weighted by Gasteiger charge is -2.36. The van der Waals surface area contributed by atoms with Gasteiger partial charge in [0.15, 0.2) is 0 Å². The number of imidazole rings is 1. The van der Waals surface area contributed by atoms with Crippen LogP contribution < -0.4 is 9.64 Å². The van der Waals surface area contributed by atoms with Gasteiger partial charge in [-0.05, 0) is 36.1 Å². The summed E-state index contributed by atoms with van der Waals surface area (Å²) >= 11 is 5.91. The van der Waals surface area contributed by atoms with Crippen LogP contribution in [0.2, 0.25) is 5.02 Å². The standard InChI is InChI=1S/C15H17ClN4O3/c1-15(10-18(2)12-5-3-11(16)4-6-12)7-8-19-9-13(20(21)22)17-14(19)23-15/h3-6,9H,7-8,10H2,1-2H3. The van der Waals surface area contributed by atoms with E-state index in [9.17, 15) is 10.1 Å². The molecule has 23 heavy (non-hydrogen) atoms. The van der Waals surface area contributed by atoms with Gasteiger partial charge < -0.3 is 19.8 Å². The van der Waals surface area contributed by atoms with E-state index in [0.29, 0.717) is 24.1 Å². The smallest absolute Gasteiger partial charge is 0.414 e. The van der Waals surface area contributed by atoms with Crippen molar-refractivity contribution in [1.29, 1.82) is 0 Å². The van der Waals surface area contributed by atoms with Gasteiger partial charge in [-0.15, -0.1) is 0 Å². The fourth-order valence-corrected chi connectivity index (χ4v) is 2.87. The lowest BCUT2D eigenvalue weighted by atomic mass is 10.00. The molecule has 0 aliphatic carbocycles. The second-order valence-corrected chi connectivity index (χ2v) is 6.40. The van der Waals surface area contributed by atoms with Crippen molar-refractivity contribution in [2.45, 2.75) is 25.5 Å². The second-order valence-electron chi connectivity index (χ2n) is 5.97. The molecule has 0 saturated heterocycles. The van der Waals surface area contributed by atoms with Gasteiger partial charge in [0.05, 0.1) is 6.54 Å². The number of aromatic nitrogens is 2. The van der Waals surface area contributed by atoms with Gasteiger partial charge in [-0.2, -0.15) is 0 Å². The van der Waals surface area contributed by atoms with Gasteiger partial charge in [-0.25, -0.2) is 0 Å². The number of benzene rings is 1. The topological polar surface area (TPSA) is 73.4 Å². The van der Waals surface area contributed by atoms with Crippen molar-refractivity contribution < 1.29 is 9.66 Å². The summed E-state index contributed by atoms with van der Waals surface area (Å²) in [4.78, 5) is 16.3. The maximum atomic E-state index is 10.8. The highest BCUT2D eigenvalue weighted by molar-refractivity contribution is 6.30. The van der Waals surface area contributed by atoms with Crippen molar-refractivity contribution in [3.63, 3.8) is 0 Å². The summed E-state index contributed by atoms with van der Waals surface area (Å²) in [6.45, 7) is 3.26. The Morgan fingerprint density at radius 2 is 2.17 bits per heavy atom. The largest absolute Gasteiger partial charge is 0.438 e. The first kappa shape index (κ1) is 15.6. The maximum absolute atomic E-state index is 10.8. The Balaban J connectivity index is 1.74. The van der Waals surface area contributed by atoms with E-state index >= 15 is 0 Å². The van der Waals surface area contributed by atoms with E-state index in [1.165, 1.54) is 6.20 Å². The predicted octanol–water partition coefficient (Wildman–Crippen LogP) is 3.12. The summed E-state index contributed by atoms with van der Waals surface area (Å²) in [6, 6.07) is 7.87. The molecule has 1 atom stereocenters. The molecule has 1 aliphatic rings. The van der Waals surface area contributed by atoms with Crippen molar-refractivity contribution in [2.75, 3.05) is 18.5 Å². The molecule has 8 heteroatoms. The molecule has 0 fully saturated rings. The van der Waals surface area contributed by atoms with Crippen LogP contribution in [-0.2, 0) is 6.54 Å². The monoisotopic (exact) mass is 336 g/mol. The van der Waals surface area contributed by atoms with Crippen LogP contribution >= 0.6 is 11.6 Å². The van der Waals surface area contributed by atoms with Gasteiger partial charge in [0.25, 0.3) is 0 Å².